The highest BCUT2D eigenvalue weighted by Gasteiger charge is 2.16. The summed E-state index contributed by atoms with van der Waals surface area (Å²) < 4.78 is 44.5. The predicted octanol–water partition coefficient (Wildman–Crippen LogP) is 4.08. The Morgan fingerprint density at radius 1 is 0.850 bits per heavy atom. The first-order valence-electron chi connectivity index (χ1n) is 5.73. The summed E-state index contributed by atoms with van der Waals surface area (Å²) in [5.74, 6) is -2.93. The average Bonchev–Trinajstić information content (AvgIpc) is 2.79. The molecule has 1 aromatic heterocycles. The quantitative estimate of drug-likeness (QED) is 0.660. The third kappa shape index (κ3) is 2.18. The Kier molecular flexibility index (Phi) is 2.82. The highest BCUT2D eigenvalue weighted by atomic mass is 19.1. The van der Waals surface area contributed by atoms with Crippen molar-refractivity contribution in [2.24, 2.45) is 0 Å². The lowest BCUT2D eigenvalue weighted by Gasteiger charge is -1.98. The van der Waals surface area contributed by atoms with E-state index in [1.165, 1.54) is 24.3 Å². The zero-order valence-corrected chi connectivity index (χ0v) is 9.99. The van der Waals surface area contributed by atoms with E-state index in [1.807, 2.05) is 0 Å². The van der Waals surface area contributed by atoms with E-state index in [-0.39, 0.29) is 11.3 Å². The molecule has 2 nitrogen and oxygen atoms in total. The van der Waals surface area contributed by atoms with Gasteiger partial charge in [-0.1, -0.05) is 0 Å². The first-order valence-corrected chi connectivity index (χ1v) is 5.73. The van der Waals surface area contributed by atoms with E-state index in [0.29, 0.717) is 17.0 Å². The van der Waals surface area contributed by atoms with Gasteiger partial charge in [-0.05, 0) is 36.4 Å². The first-order chi connectivity index (χ1) is 9.52. The number of halogens is 3. The number of benzene rings is 2. The number of ketones is 1. The molecule has 5 heteroatoms. The molecule has 0 saturated heterocycles. The number of hydrogen-bond donors (Lipinski definition) is 0. The van der Waals surface area contributed by atoms with Gasteiger partial charge in [-0.2, -0.15) is 0 Å². The van der Waals surface area contributed by atoms with Gasteiger partial charge in [0.25, 0.3) is 0 Å². The van der Waals surface area contributed by atoms with Crippen molar-refractivity contribution in [2.75, 3.05) is 0 Å². The summed E-state index contributed by atoms with van der Waals surface area (Å²) in [5.41, 5.74) is 0.161. The molecule has 0 spiro atoms. The van der Waals surface area contributed by atoms with Crippen LogP contribution in [0.5, 0.6) is 0 Å². The Morgan fingerprint density at radius 2 is 1.55 bits per heavy atom. The molecule has 0 unspecified atom stereocenters. The van der Waals surface area contributed by atoms with Crippen LogP contribution < -0.4 is 0 Å². The van der Waals surface area contributed by atoms with Gasteiger partial charge in [0.1, 0.15) is 23.0 Å². The minimum Gasteiger partial charge on any atom is -0.453 e. The van der Waals surface area contributed by atoms with E-state index in [9.17, 15) is 18.0 Å². The largest absolute Gasteiger partial charge is 0.453 e. The maximum absolute atomic E-state index is 13.1. The van der Waals surface area contributed by atoms with E-state index in [4.69, 9.17) is 4.42 Å². The van der Waals surface area contributed by atoms with Gasteiger partial charge >= 0.3 is 0 Å². The molecule has 0 aliphatic rings. The van der Waals surface area contributed by atoms with Crippen LogP contribution in [-0.4, -0.2) is 5.78 Å². The Labute approximate surface area is 111 Å². The molecule has 0 radical (unpaired) electrons. The third-order valence-electron chi connectivity index (χ3n) is 2.83. The number of carbonyl (C=O) groups excluding carboxylic acids is 1. The molecule has 0 aliphatic heterocycles. The fourth-order valence-electron chi connectivity index (χ4n) is 1.95. The molecule has 1 heterocycles. The number of carbonyl (C=O) groups is 1. The second-order valence-electron chi connectivity index (χ2n) is 4.28. The number of hydrogen-bond acceptors (Lipinski definition) is 2. The van der Waals surface area contributed by atoms with Crippen LogP contribution in [0.15, 0.2) is 46.9 Å². The molecule has 20 heavy (non-hydrogen) atoms. The van der Waals surface area contributed by atoms with Crippen molar-refractivity contribution in [1.29, 1.82) is 0 Å². The van der Waals surface area contributed by atoms with Crippen molar-refractivity contribution in [3.63, 3.8) is 0 Å². The van der Waals surface area contributed by atoms with Crippen LogP contribution in [0.4, 0.5) is 13.2 Å². The van der Waals surface area contributed by atoms with E-state index in [2.05, 4.69) is 0 Å². The van der Waals surface area contributed by atoms with E-state index < -0.39 is 23.2 Å². The molecule has 0 fully saturated rings. The number of furan rings is 1. The lowest BCUT2D eigenvalue weighted by Crippen LogP contribution is -2.01. The summed E-state index contributed by atoms with van der Waals surface area (Å²) in [4.78, 5) is 12.1. The van der Waals surface area contributed by atoms with E-state index in [1.54, 1.807) is 0 Å². The van der Waals surface area contributed by atoms with E-state index >= 15 is 0 Å². The summed E-state index contributed by atoms with van der Waals surface area (Å²) in [6, 6.07) is 7.63. The van der Waals surface area contributed by atoms with Gasteiger partial charge in [0, 0.05) is 17.0 Å². The summed E-state index contributed by atoms with van der Waals surface area (Å²) in [6.07, 6.45) is 0. The van der Waals surface area contributed by atoms with Gasteiger partial charge in [-0.25, -0.2) is 13.2 Å². The van der Waals surface area contributed by atoms with E-state index in [0.717, 1.165) is 12.1 Å². The fraction of sp³-hybridized carbons (Fsp3) is 0. The monoisotopic (exact) mass is 276 g/mol. The Balaban J connectivity index is 2.07. The summed E-state index contributed by atoms with van der Waals surface area (Å²) in [6.45, 7) is 0. The van der Waals surface area contributed by atoms with Crippen molar-refractivity contribution in [2.45, 2.75) is 0 Å². The van der Waals surface area contributed by atoms with Crippen molar-refractivity contribution < 1.29 is 22.4 Å². The van der Waals surface area contributed by atoms with Crippen LogP contribution in [0.25, 0.3) is 11.0 Å². The summed E-state index contributed by atoms with van der Waals surface area (Å²) in [7, 11) is 0. The molecule has 3 aromatic rings. The molecule has 0 atom stereocenters. The van der Waals surface area contributed by atoms with Gasteiger partial charge in [-0.15, -0.1) is 0 Å². The minimum absolute atomic E-state index is 0.101. The standard InChI is InChI=1S/C15H7F3O2/c16-10-1-2-13-8(3-10)6-14(20-13)15(19)9-4-11(17)7-12(18)5-9/h1-7H. The molecule has 0 saturated carbocycles. The highest BCUT2D eigenvalue weighted by Crippen LogP contribution is 2.23. The third-order valence-corrected chi connectivity index (χ3v) is 2.83. The summed E-state index contributed by atoms with van der Waals surface area (Å²) in [5, 5.41) is 0.408. The van der Waals surface area contributed by atoms with Gasteiger partial charge in [0.15, 0.2) is 5.76 Å². The normalized spacial score (nSPS) is 10.9. The van der Waals surface area contributed by atoms with Crippen LogP contribution in [0.1, 0.15) is 16.1 Å². The van der Waals surface area contributed by atoms with Crippen molar-refractivity contribution in [3.05, 3.63) is 71.2 Å². The second-order valence-corrected chi connectivity index (χ2v) is 4.28. The van der Waals surface area contributed by atoms with Gasteiger partial charge in [0.05, 0.1) is 0 Å². The van der Waals surface area contributed by atoms with Gasteiger partial charge < -0.3 is 4.42 Å². The Morgan fingerprint density at radius 3 is 2.25 bits per heavy atom. The van der Waals surface area contributed by atoms with Crippen LogP contribution >= 0.6 is 0 Å². The molecular weight excluding hydrogens is 269 g/mol. The number of fused-ring (bicyclic) bond motifs is 1. The lowest BCUT2D eigenvalue weighted by atomic mass is 10.1. The maximum atomic E-state index is 13.1. The van der Waals surface area contributed by atoms with Crippen molar-refractivity contribution in [1.82, 2.24) is 0 Å². The Bertz CT molecular complexity index is 801. The average molecular weight is 276 g/mol. The molecule has 0 amide bonds. The van der Waals surface area contributed by atoms with Gasteiger partial charge in [0.2, 0.25) is 5.78 Å². The minimum atomic E-state index is -0.851. The van der Waals surface area contributed by atoms with Crippen molar-refractivity contribution >= 4 is 16.8 Å². The van der Waals surface area contributed by atoms with Crippen molar-refractivity contribution in [3.8, 4) is 0 Å². The van der Waals surface area contributed by atoms with Crippen LogP contribution in [0.2, 0.25) is 0 Å². The topological polar surface area (TPSA) is 30.2 Å². The molecule has 2 aromatic carbocycles. The lowest BCUT2D eigenvalue weighted by molar-refractivity contribution is 0.101. The van der Waals surface area contributed by atoms with Crippen LogP contribution in [-0.2, 0) is 0 Å². The second kappa shape index (κ2) is 4.52. The molecule has 100 valence electrons. The van der Waals surface area contributed by atoms with Crippen LogP contribution in [0, 0.1) is 17.5 Å². The maximum Gasteiger partial charge on any atom is 0.228 e. The Hall–Kier alpha value is -2.56. The molecular formula is C15H7F3O2. The molecule has 0 aliphatic carbocycles. The predicted molar refractivity (Wildman–Crippen MR) is 66.0 cm³/mol. The first kappa shape index (κ1) is 12.5. The SMILES string of the molecule is O=C(c1cc(F)cc(F)c1)c1cc2cc(F)ccc2o1. The zero-order chi connectivity index (χ0) is 14.3. The highest BCUT2D eigenvalue weighted by molar-refractivity contribution is 6.09. The molecule has 0 bridgehead atoms. The summed E-state index contributed by atoms with van der Waals surface area (Å²) >= 11 is 0. The molecule has 0 N–H and O–H groups in total. The smallest absolute Gasteiger partial charge is 0.228 e. The fourth-order valence-corrected chi connectivity index (χ4v) is 1.95. The molecule has 3 rings (SSSR count). The van der Waals surface area contributed by atoms with Crippen LogP contribution in [0.3, 0.4) is 0 Å². The zero-order valence-electron chi connectivity index (χ0n) is 9.99. The number of rotatable bonds is 2. The van der Waals surface area contributed by atoms with Gasteiger partial charge in [-0.3, -0.25) is 4.79 Å².